The van der Waals surface area contributed by atoms with E-state index in [1.165, 1.54) is 19.8 Å². The minimum Gasteiger partial charge on any atom is -0.452 e. The van der Waals surface area contributed by atoms with E-state index in [1.807, 2.05) is 0 Å². The van der Waals surface area contributed by atoms with Gasteiger partial charge < -0.3 is 13.6 Å². The van der Waals surface area contributed by atoms with Gasteiger partial charge in [-0.15, -0.1) is 0 Å². The molecule has 136 valence electrons. The maximum Gasteiger partial charge on any atom is 0.519 e. The molecular formula is C20H26O5. The van der Waals surface area contributed by atoms with Gasteiger partial charge in [-0.1, -0.05) is 27.4 Å². The molecular weight excluding hydrogens is 320 g/mol. The number of carbonyl (C=O) groups is 1. The van der Waals surface area contributed by atoms with Crippen molar-refractivity contribution in [2.45, 2.75) is 59.5 Å². The fraction of sp³-hybridized carbons (Fsp3) is 0.700. The summed E-state index contributed by atoms with van der Waals surface area (Å²) in [6.45, 7) is 12.9. The third kappa shape index (κ3) is 2.14. The van der Waals surface area contributed by atoms with Gasteiger partial charge in [-0.2, -0.15) is 0 Å². The van der Waals surface area contributed by atoms with E-state index in [4.69, 9.17) is 13.6 Å². The molecule has 3 aliphatic carbocycles. The lowest BCUT2D eigenvalue weighted by molar-refractivity contribution is 0.00383. The SMILES string of the molecule is C=C1C(OC(=O)c2oc(=O)oc2C)CC23CC1C(C)(C)[C@@H]2CC[C@H]3C. The van der Waals surface area contributed by atoms with Crippen LogP contribution in [0.4, 0.5) is 0 Å². The highest BCUT2D eigenvalue weighted by Crippen LogP contribution is 2.72. The zero-order chi connectivity index (χ0) is 18.1. The highest BCUT2D eigenvalue weighted by atomic mass is 16.6. The second-order valence-corrected chi connectivity index (χ2v) is 8.85. The number of esters is 1. The van der Waals surface area contributed by atoms with Crippen LogP contribution in [0.15, 0.2) is 25.8 Å². The van der Waals surface area contributed by atoms with Crippen LogP contribution >= 0.6 is 0 Å². The Bertz CT molecular complexity index is 797. The molecule has 1 heterocycles. The second kappa shape index (κ2) is 5.12. The smallest absolute Gasteiger partial charge is 0.452 e. The molecule has 0 N–H and O–H groups in total. The number of aryl methyl sites for hydroxylation is 1. The molecule has 1 spiro atoms. The molecule has 1 aromatic rings. The monoisotopic (exact) mass is 346 g/mol. The summed E-state index contributed by atoms with van der Waals surface area (Å²) < 4.78 is 15.4. The average Bonchev–Trinajstić information content (AvgIpc) is 3.08. The predicted octanol–water partition coefficient (Wildman–Crippen LogP) is 4.11. The second-order valence-electron chi connectivity index (χ2n) is 8.85. The van der Waals surface area contributed by atoms with E-state index in [-0.39, 0.29) is 28.5 Å². The van der Waals surface area contributed by atoms with E-state index >= 15 is 0 Å². The molecule has 3 fully saturated rings. The van der Waals surface area contributed by atoms with Crippen LogP contribution in [-0.2, 0) is 4.74 Å². The Morgan fingerprint density at radius 1 is 1.24 bits per heavy atom. The molecule has 3 saturated carbocycles. The number of rotatable bonds is 2. The summed E-state index contributed by atoms with van der Waals surface area (Å²) in [7, 11) is 0. The number of hydrogen-bond donors (Lipinski definition) is 0. The zero-order valence-electron chi connectivity index (χ0n) is 15.4. The summed E-state index contributed by atoms with van der Waals surface area (Å²) in [6.07, 6.45) is 4.14. The van der Waals surface area contributed by atoms with Gasteiger partial charge in [0.1, 0.15) is 6.10 Å². The fourth-order valence-electron chi connectivity index (χ4n) is 6.25. The van der Waals surface area contributed by atoms with Crippen molar-refractivity contribution in [3.05, 3.63) is 34.3 Å². The highest BCUT2D eigenvalue weighted by molar-refractivity contribution is 5.87. The van der Waals surface area contributed by atoms with Crippen LogP contribution in [0.5, 0.6) is 0 Å². The minimum absolute atomic E-state index is 0.136. The molecule has 5 nitrogen and oxygen atoms in total. The Morgan fingerprint density at radius 3 is 2.60 bits per heavy atom. The van der Waals surface area contributed by atoms with Gasteiger partial charge in [0.15, 0.2) is 5.76 Å². The van der Waals surface area contributed by atoms with Gasteiger partial charge in [-0.25, -0.2) is 9.59 Å². The molecule has 0 saturated heterocycles. The Hall–Kier alpha value is -1.78. The van der Waals surface area contributed by atoms with Gasteiger partial charge in [0.25, 0.3) is 5.76 Å². The van der Waals surface area contributed by atoms with E-state index < -0.39 is 11.8 Å². The van der Waals surface area contributed by atoms with Crippen LogP contribution in [0.2, 0.25) is 0 Å². The number of hydrogen-bond acceptors (Lipinski definition) is 5. The van der Waals surface area contributed by atoms with Crippen molar-refractivity contribution >= 4 is 5.97 Å². The van der Waals surface area contributed by atoms with E-state index in [1.54, 1.807) is 0 Å². The Balaban J connectivity index is 1.64. The van der Waals surface area contributed by atoms with Crippen molar-refractivity contribution in [3.63, 3.8) is 0 Å². The lowest BCUT2D eigenvalue weighted by Gasteiger charge is -2.41. The van der Waals surface area contributed by atoms with E-state index in [0.717, 1.165) is 18.4 Å². The molecule has 0 aliphatic heterocycles. The van der Waals surface area contributed by atoms with Gasteiger partial charge in [0.2, 0.25) is 0 Å². The predicted molar refractivity (Wildman–Crippen MR) is 91.2 cm³/mol. The third-order valence-corrected chi connectivity index (χ3v) is 7.55. The van der Waals surface area contributed by atoms with Crippen LogP contribution in [0.1, 0.15) is 62.8 Å². The lowest BCUT2D eigenvalue weighted by Crippen LogP contribution is -2.38. The maximum absolute atomic E-state index is 12.5. The molecule has 3 unspecified atom stereocenters. The van der Waals surface area contributed by atoms with E-state index in [2.05, 4.69) is 27.4 Å². The fourth-order valence-corrected chi connectivity index (χ4v) is 6.25. The van der Waals surface area contributed by atoms with Crippen molar-refractivity contribution in [1.82, 2.24) is 0 Å². The van der Waals surface area contributed by atoms with Crippen LogP contribution in [0, 0.1) is 35.5 Å². The Kier molecular flexibility index (Phi) is 3.41. The first kappa shape index (κ1) is 16.7. The molecule has 4 rings (SSSR count). The summed E-state index contributed by atoms with van der Waals surface area (Å²) >= 11 is 0. The molecule has 5 heteroatoms. The van der Waals surface area contributed by atoms with Crippen LogP contribution < -0.4 is 5.82 Å². The average molecular weight is 346 g/mol. The summed E-state index contributed by atoms with van der Waals surface area (Å²) in [6, 6.07) is 0. The van der Waals surface area contributed by atoms with Crippen LogP contribution in [0.25, 0.3) is 0 Å². The number of fused-ring (bicyclic) bond motifs is 1. The minimum atomic E-state index is -0.879. The molecule has 3 aliphatic rings. The molecule has 1 aromatic heterocycles. The first-order valence-electron chi connectivity index (χ1n) is 9.17. The summed E-state index contributed by atoms with van der Waals surface area (Å²) in [5.41, 5.74) is 1.42. The first-order valence-corrected chi connectivity index (χ1v) is 9.17. The maximum atomic E-state index is 12.5. The number of ether oxygens (including phenoxy) is 1. The van der Waals surface area contributed by atoms with E-state index in [0.29, 0.717) is 17.8 Å². The molecule has 5 atom stereocenters. The zero-order valence-corrected chi connectivity index (χ0v) is 15.4. The quantitative estimate of drug-likeness (QED) is 0.595. The van der Waals surface area contributed by atoms with Crippen molar-refractivity contribution in [3.8, 4) is 0 Å². The lowest BCUT2D eigenvalue weighted by atomic mass is 9.66. The Labute approximate surface area is 147 Å². The highest BCUT2D eigenvalue weighted by Gasteiger charge is 2.66. The van der Waals surface area contributed by atoms with Crippen molar-refractivity contribution < 1.29 is 18.4 Å². The molecule has 0 radical (unpaired) electrons. The Morgan fingerprint density at radius 2 is 1.96 bits per heavy atom. The molecule has 0 aromatic carbocycles. The van der Waals surface area contributed by atoms with Gasteiger partial charge in [0, 0.05) is 0 Å². The van der Waals surface area contributed by atoms with Gasteiger partial charge in [-0.3, -0.25) is 0 Å². The summed E-state index contributed by atoms with van der Waals surface area (Å²) in [5, 5.41) is 0. The van der Waals surface area contributed by atoms with Crippen molar-refractivity contribution in [2.75, 3.05) is 0 Å². The third-order valence-electron chi connectivity index (χ3n) is 7.55. The molecule has 2 bridgehead atoms. The van der Waals surface area contributed by atoms with E-state index in [9.17, 15) is 9.59 Å². The van der Waals surface area contributed by atoms with Gasteiger partial charge in [-0.05, 0) is 66.8 Å². The van der Waals surface area contributed by atoms with Crippen molar-refractivity contribution in [2.24, 2.45) is 28.6 Å². The molecule has 0 amide bonds. The normalized spacial score (nSPS) is 38.6. The summed E-state index contributed by atoms with van der Waals surface area (Å²) in [5.74, 6) is 0.153. The number of carbonyl (C=O) groups excluding carboxylic acids is 1. The van der Waals surface area contributed by atoms with Gasteiger partial charge >= 0.3 is 11.8 Å². The summed E-state index contributed by atoms with van der Waals surface area (Å²) in [4.78, 5) is 23.7. The standard InChI is InChI=1S/C20H26O5/c1-10-6-7-15-19(4,5)13-8-20(10,15)9-14(11(13)2)24-17(21)16-12(3)23-18(22)25-16/h10,13-15H,2,6-9H2,1,3-5H3/t10-,13?,14?,15+,20?/m1/s1. The first-order chi connectivity index (χ1) is 11.7. The van der Waals surface area contributed by atoms with Crippen LogP contribution in [-0.4, -0.2) is 12.1 Å². The molecule has 25 heavy (non-hydrogen) atoms. The van der Waals surface area contributed by atoms with Crippen LogP contribution in [0.3, 0.4) is 0 Å². The largest absolute Gasteiger partial charge is 0.519 e. The van der Waals surface area contributed by atoms with Gasteiger partial charge in [0.05, 0.1) is 0 Å². The van der Waals surface area contributed by atoms with Crippen molar-refractivity contribution in [1.29, 1.82) is 0 Å². The topological polar surface area (TPSA) is 69.7 Å².